The topological polar surface area (TPSA) is 83.6 Å². The number of halogens is 1. The van der Waals surface area contributed by atoms with Gasteiger partial charge >= 0.3 is 0 Å². The molecule has 1 N–H and O–H groups in total. The van der Waals surface area contributed by atoms with Crippen molar-refractivity contribution in [1.29, 1.82) is 0 Å². The zero-order valence-electron chi connectivity index (χ0n) is 18.7. The van der Waals surface area contributed by atoms with Gasteiger partial charge in [-0.1, -0.05) is 6.58 Å². The van der Waals surface area contributed by atoms with E-state index in [-0.39, 0.29) is 5.82 Å². The summed E-state index contributed by atoms with van der Waals surface area (Å²) in [6.07, 6.45) is 7.08. The van der Waals surface area contributed by atoms with E-state index in [0.29, 0.717) is 33.7 Å². The number of aliphatic imine (C=N–C) groups is 1. The molecule has 0 aliphatic carbocycles. The van der Waals surface area contributed by atoms with Gasteiger partial charge in [0, 0.05) is 30.1 Å². The molecule has 1 fully saturated rings. The van der Waals surface area contributed by atoms with Crippen LogP contribution in [-0.2, 0) is 0 Å². The van der Waals surface area contributed by atoms with Crippen LogP contribution in [0.25, 0.3) is 27.8 Å². The Labute approximate surface area is 190 Å². The van der Waals surface area contributed by atoms with Crippen molar-refractivity contribution in [2.75, 3.05) is 25.0 Å². The number of hydrogen-bond donors (Lipinski definition) is 1. The van der Waals surface area contributed by atoms with Crippen LogP contribution in [0.3, 0.4) is 0 Å². The summed E-state index contributed by atoms with van der Waals surface area (Å²) in [5.74, 6) is -0.0306. The third-order valence-electron chi connectivity index (χ3n) is 5.97. The lowest BCUT2D eigenvalue weighted by Crippen LogP contribution is -2.27. The Hall–Kier alpha value is -3.72. The summed E-state index contributed by atoms with van der Waals surface area (Å²) in [6.45, 7) is 7.66. The molecular formula is C24H25FN8. The molecule has 0 unspecified atom stereocenters. The first-order chi connectivity index (χ1) is 16.1. The summed E-state index contributed by atoms with van der Waals surface area (Å²) in [5.41, 5.74) is 4.76. The zero-order chi connectivity index (χ0) is 22.9. The molecule has 0 amide bonds. The predicted molar refractivity (Wildman–Crippen MR) is 128 cm³/mol. The maximum atomic E-state index is 15.3. The number of anilines is 1. The Morgan fingerprint density at radius 2 is 2.03 bits per heavy atom. The molecule has 1 aliphatic heterocycles. The highest BCUT2D eigenvalue weighted by Crippen LogP contribution is 2.31. The van der Waals surface area contributed by atoms with E-state index in [1.54, 1.807) is 29.0 Å². The summed E-state index contributed by atoms with van der Waals surface area (Å²) >= 11 is 0. The second-order valence-corrected chi connectivity index (χ2v) is 8.21. The van der Waals surface area contributed by atoms with Gasteiger partial charge < -0.3 is 10.2 Å². The fourth-order valence-corrected chi connectivity index (χ4v) is 4.32. The van der Waals surface area contributed by atoms with E-state index in [4.69, 9.17) is 0 Å². The average molecular weight is 445 g/mol. The minimum atomic E-state index is -0.339. The quantitative estimate of drug-likeness (QED) is 0.372. The van der Waals surface area contributed by atoms with Gasteiger partial charge in [0.15, 0.2) is 5.65 Å². The molecule has 4 aromatic rings. The molecule has 3 aromatic heterocycles. The van der Waals surface area contributed by atoms with Gasteiger partial charge in [0.1, 0.15) is 5.82 Å². The van der Waals surface area contributed by atoms with Crippen molar-refractivity contribution in [3.8, 4) is 11.3 Å². The van der Waals surface area contributed by atoms with E-state index >= 15 is 4.39 Å². The van der Waals surface area contributed by atoms with Gasteiger partial charge in [-0.15, -0.1) is 0 Å². The van der Waals surface area contributed by atoms with Gasteiger partial charge in [0.2, 0.25) is 0 Å². The highest BCUT2D eigenvalue weighted by molar-refractivity contribution is 5.90. The molecule has 1 aliphatic rings. The Morgan fingerprint density at radius 1 is 1.21 bits per heavy atom. The number of rotatable bonds is 5. The molecule has 1 aromatic carbocycles. The molecule has 5 rings (SSSR count). The Bertz CT molecular complexity index is 1370. The number of piperidine rings is 1. The molecule has 0 atom stereocenters. The molecule has 4 heterocycles. The summed E-state index contributed by atoms with van der Waals surface area (Å²) in [6, 6.07) is 7.02. The van der Waals surface area contributed by atoms with E-state index in [1.807, 2.05) is 31.3 Å². The van der Waals surface area contributed by atoms with E-state index in [0.717, 1.165) is 43.0 Å². The van der Waals surface area contributed by atoms with Crippen LogP contribution in [-0.4, -0.2) is 51.3 Å². The van der Waals surface area contributed by atoms with Crippen molar-refractivity contribution in [1.82, 2.24) is 30.1 Å². The second-order valence-electron chi connectivity index (χ2n) is 8.21. The number of imidazole rings is 1. The van der Waals surface area contributed by atoms with Gasteiger partial charge in [0.25, 0.3) is 0 Å². The molecule has 168 valence electrons. The van der Waals surface area contributed by atoms with Crippen molar-refractivity contribution >= 4 is 28.6 Å². The first kappa shape index (κ1) is 21.1. The van der Waals surface area contributed by atoms with Crippen LogP contribution in [0.5, 0.6) is 0 Å². The summed E-state index contributed by atoms with van der Waals surface area (Å²) in [4.78, 5) is 10.4. The van der Waals surface area contributed by atoms with Crippen LogP contribution in [0.4, 0.5) is 10.1 Å². The average Bonchev–Trinajstić information content (AvgIpc) is 3.22. The van der Waals surface area contributed by atoms with E-state index in [9.17, 15) is 0 Å². The van der Waals surface area contributed by atoms with Gasteiger partial charge in [-0.25, -0.2) is 13.9 Å². The Kier molecular flexibility index (Phi) is 5.55. The number of fused-ring (bicyclic) bond motifs is 2. The van der Waals surface area contributed by atoms with Gasteiger partial charge in [0.05, 0.1) is 40.8 Å². The van der Waals surface area contributed by atoms with Crippen LogP contribution < -0.4 is 10.2 Å². The van der Waals surface area contributed by atoms with Crippen molar-refractivity contribution in [3.05, 3.63) is 60.4 Å². The number of hydrogen-bond acceptors (Lipinski definition) is 6. The molecule has 0 radical (unpaired) electrons. The molecule has 9 heteroatoms. The third-order valence-corrected chi connectivity index (χ3v) is 5.97. The molecular weight excluding hydrogens is 419 g/mol. The molecule has 8 nitrogen and oxygen atoms in total. The van der Waals surface area contributed by atoms with Crippen molar-refractivity contribution in [3.63, 3.8) is 0 Å². The first-order valence-corrected chi connectivity index (χ1v) is 11.0. The van der Waals surface area contributed by atoms with E-state index in [2.05, 4.69) is 37.2 Å². The zero-order valence-corrected chi connectivity index (χ0v) is 18.7. The number of aromatic nitrogens is 5. The fraction of sp³-hybridized carbons (Fsp3) is 0.292. The molecule has 0 saturated carbocycles. The van der Waals surface area contributed by atoms with Crippen LogP contribution in [0.2, 0.25) is 0 Å². The largest absolute Gasteiger partial charge is 0.317 e. The Morgan fingerprint density at radius 3 is 2.79 bits per heavy atom. The van der Waals surface area contributed by atoms with Gasteiger partial charge in [-0.2, -0.15) is 15.3 Å². The van der Waals surface area contributed by atoms with Crippen molar-refractivity contribution < 1.29 is 4.39 Å². The standard InChI is InChI=1S/C24H25FN8/c1-4-32(14-26-3)23-12-21(31-33-13-15(2)28-24(23)33)17-9-19(25)18-11-20(29-30-22(18)10-17)16-5-7-27-8-6-16/h4,9-14,16,27H,1,5-8H2,2-3H3/b26-14-. The highest BCUT2D eigenvalue weighted by atomic mass is 19.1. The molecule has 0 spiro atoms. The maximum Gasteiger partial charge on any atom is 0.178 e. The first-order valence-electron chi connectivity index (χ1n) is 11.0. The second kappa shape index (κ2) is 8.67. The Balaban J connectivity index is 1.62. The minimum absolute atomic E-state index is 0.309. The molecule has 0 bridgehead atoms. The lowest BCUT2D eigenvalue weighted by Gasteiger charge is -2.21. The number of nitrogens with zero attached hydrogens (tertiary/aromatic N) is 7. The smallest absolute Gasteiger partial charge is 0.178 e. The maximum absolute atomic E-state index is 15.3. The van der Waals surface area contributed by atoms with Gasteiger partial charge in [-0.05, 0) is 57.1 Å². The predicted octanol–water partition coefficient (Wildman–Crippen LogP) is 3.86. The van der Waals surface area contributed by atoms with E-state index < -0.39 is 0 Å². The van der Waals surface area contributed by atoms with Crippen LogP contribution >= 0.6 is 0 Å². The van der Waals surface area contributed by atoms with Crippen LogP contribution in [0.15, 0.2) is 48.2 Å². The van der Waals surface area contributed by atoms with Crippen molar-refractivity contribution in [2.45, 2.75) is 25.7 Å². The summed E-state index contributed by atoms with van der Waals surface area (Å²) < 4.78 is 17.0. The lowest BCUT2D eigenvalue weighted by molar-refractivity contribution is 0.451. The highest BCUT2D eigenvalue weighted by Gasteiger charge is 2.19. The SMILES string of the molecule is C=CN(/C=N\C)c1cc(-c2cc(F)c3cc(C4CCNCC4)nnc3c2)nn2cc(C)nc12. The lowest BCUT2D eigenvalue weighted by atomic mass is 9.93. The van der Waals surface area contributed by atoms with Gasteiger partial charge in [-0.3, -0.25) is 4.99 Å². The summed E-state index contributed by atoms with van der Waals surface area (Å²) in [7, 11) is 1.68. The third kappa shape index (κ3) is 3.95. The molecule has 1 saturated heterocycles. The summed E-state index contributed by atoms with van der Waals surface area (Å²) in [5, 5.41) is 17.3. The normalized spacial score (nSPS) is 15.0. The number of benzene rings is 1. The number of aryl methyl sites for hydroxylation is 1. The van der Waals surface area contributed by atoms with Crippen molar-refractivity contribution in [2.24, 2.45) is 4.99 Å². The van der Waals surface area contributed by atoms with Crippen LogP contribution in [0.1, 0.15) is 30.1 Å². The monoisotopic (exact) mass is 444 g/mol. The minimum Gasteiger partial charge on any atom is -0.317 e. The van der Waals surface area contributed by atoms with E-state index in [1.165, 1.54) is 6.07 Å². The van der Waals surface area contributed by atoms with Crippen LogP contribution in [0, 0.1) is 12.7 Å². The fourth-order valence-electron chi connectivity index (χ4n) is 4.32. The number of nitrogens with one attached hydrogen (secondary N) is 1. The molecule has 33 heavy (non-hydrogen) atoms.